The molecule has 0 aliphatic carbocycles. The molecule has 10 nitrogen and oxygen atoms in total. The summed E-state index contributed by atoms with van der Waals surface area (Å²) in [6, 6.07) is 4.92. The summed E-state index contributed by atoms with van der Waals surface area (Å²) in [6.07, 6.45) is 8.97. The second kappa shape index (κ2) is 10.1. The van der Waals surface area contributed by atoms with Gasteiger partial charge >= 0.3 is 0 Å². The summed E-state index contributed by atoms with van der Waals surface area (Å²) in [5, 5.41) is 10.2. The fraction of sp³-hybridized carbons (Fsp3) is 0.370. The van der Waals surface area contributed by atoms with Crippen LogP contribution in [0, 0.1) is 6.92 Å². The van der Waals surface area contributed by atoms with E-state index in [1.165, 1.54) is 40.8 Å². The van der Waals surface area contributed by atoms with E-state index in [4.69, 9.17) is 0 Å². The largest absolute Gasteiger partial charge is 0.351 e. The number of anilines is 1. The van der Waals surface area contributed by atoms with Crippen LogP contribution >= 0.6 is 11.3 Å². The van der Waals surface area contributed by atoms with E-state index >= 15 is 0 Å². The van der Waals surface area contributed by atoms with Crippen molar-refractivity contribution in [2.75, 3.05) is 25.0 Å². The minimum absolute atomic E-state index is 0. The summed E-state index contributed by atoms with van der Waals surface area (Å²) in [5.74, 6) is -0.564. The number of fused-ring (bicyclic) bond motifs is 1. The molecule has 1 fully saturated rings. The quantitative estimate of drug-likeness (QED) is 0.371. The average molecular weight is 538 g/mol. The maximum absolute atomic E-state index is 13.2. The first-order valence-corrected chi connectivity index (χ1v) is 13.4. The number of aryl methyl sites for hydroxylation is 2. The number of amides is 2. The molecule has 0 saturated carbocycles. The van der Waals surface area contributed by atoms with Crippen LogP contribution in [0.3, 0.4) is 0 Å². The van der Waals surface area contributed by atoms with Gasteiger partial charge in [-0.25, -0.2) is 4.52 Å². The van der Waals surface area contributed by atoms with E-state index in [0.29, 0.717) is 33.9 Å². The molecule has 202 valence electrons. The number of nitrogens with one attached hydrogen (secondary N) is 2. The molecule has 0 atom stereocenters. The SMILES string of the molecule is Cc1ncc(C(=O)NCCN2CCCC2(C)C)cc1NC(=O)c1cnn2cc(-c3ccc(=O)n(C)c3)sc12.[HH].[HH]. The van der Waals surface area contributed by atoms with Gasteiger partial charge in [0.25, 0.3) is 11.8 Å². The van der Waals surface area contributed by atoms with Gasteiger partial charge in [-0.15, -0.1) is 11.3 Å². The summed E-state index contributed by atoms with van der Waals surface area (Å²) >= 11 is 1.41. The van der Waals surface area contributed by atoms with Gasteiger partial charge in [0.15, 0.2) is 0 Å². The van der Waals surface area contributed by atoms with Gasteiger partial charge in [-0.05, 0) is 52.3 Å². The molecule has 0 radical (unpaired) electrons. The van der Waals surface area contributed by atoms with Crippen LogP contribution in [0.5, 0.6) is 0 Å². The lowest BCUT2D eigenvalue weighted by Gasteiger charge is -2.31. The molecule has 4 aromatic heterocycles. The van der Waals surface area contributed by atoms with Crippen molar-refractivity contribution in [1.29, 1.82) is 0 Å². The lowest BCUT2D eigenvalue weighted by atomic mass is 10.0. The Labute approximate surface area is 227 Å². The number of likely N-dealkylation sites (tertiary alicyclic amines) is 1. The number of pyridine rings is 2. The highest BCUT2D eigenvalue weighted by molar-refractivity contribution is 7.21. The van der Waals surface area contributed by atoms with Crippen LogP contribution in [-0.4, -0.2) is 61.1 Å². The summed E-state index contributed by atoms with van der Waals surface area (Å²) in [6.45, 7) is 8.63. The van der Waals surface area contributed by atoms with Gasteiger partial charge in [0.05, 0.1) is 33.6 Å². The highest BCUT2D eigenvalue weighted by Gasteiger charge is 2.31. The fourth-order valence-electron chi connectivity index (χ4n) is 4.77. The third kappa shape index (κ3) is 5.11. The van der Waals surface area contributed by atoms with Crippen molar-refractivity contribution in [2.24, 2.45) is 7.05 Å². The molecule has 1 aliphatic heterocycles. The van der Waals surface area contributed by atoms with Gasteiger partial charge in [0.1, 0.15) is 4.83 Å². The number of rotatable bonds is 7. The normalized spacial score (nSPS) is 15.2. The molecule has 0 unspecified atom stereocenters. The van der Waals surface area contributed by atoms with Crippen LogP contribution in [0.4, 0.5) is 5.69 Å². The Morgan fingerprint density at radius 2 is 2.00 bits per heavy atom. The van der Waals surface area contributed by atoms with Crippen molar-refractivity contribution in [1.82, 2.24) is 29.4 Å². The third-order valence-corrected chi connectivity index (χ3v) is 8.31. The number of hydrogen-bond acceptors (Lipinski definition) is 7. The summed E-state index contributed by atoms with van der Waals surface area (Å²) in [4.78, 5) is 46.0. The number of carbonyl (C=O) groups is 2. The Balaban J connectivity index is 0.00000220. The van der Waals surface area contributed by atoms with Gasteiger partial charge in [0, 0.05) is 58.7 Å². The zero-order valence-corrected chi connectivity index (χ0v) is 22.8. The zero-order valence-electron chi connectivity index (χ0n) is 21.9. The molecule has 1 aliphatic rings. The molecule has 0 spiro atoms. The molecule has 38 heavy (non-hydrogen) atoms. The van der Waals surface area contributed by atoms with Gasteiger partial charge < -0.3 is 15.2 Å². The fourth-order valence-corrected chi connectivity index (χ4v) is 5.82. The second-order valence-electron chi connectivity index (χ2n) is 10.2. The molecule has 0 aromatic carbocycles. The van der Waals surface area contributed by atoms with E-state index in [-0.39, 0.29) is 25.8 Å². The first kappa shape index (κ1) is 25.8. The first-order chi connectivity index (χ1) is 18.1. The minimum atomic E-state index is -0.340. The molecule has 5 rings (SSSR count). The van der Waals surface area contributed by atoms with Crippen molar-refractivity contribution >= 4 is 33.7 Å². The molecule has 11 heteroatoms. The van der Waals surface area contributed by atoms with Crippen molar-refractivity contribution in [3.8, 4) is 10.4 Å². The van der Waals surface area contributed by atoms with Gasteiger partial charge in [0.2, 0.25) is 5.56 Å². The highest BCUT2D eigenvalue weighted by atomic mass is 32.1. The number of carbonyl (C=O) groups excluding carboxylic acids is 2. The number of thiazole rings is 1. The van der Waals surface area contributed by atoms with E-state index in [9.17, 15) is 14.4 Å². The molecule has 2 amide bonds. The van der Waals surface area contributed by atoms with E-state index in [1.807, 2.05) is 6.20 Å². The minimum Gasteiger partial charge on any atom is -0.351 e. The average Bonchev–Trinajstić information content (AvgIpc) is 3.56. The number of nitrogens with zero attached hydrogens (tertiary/aromatic N) is 5. The first-order valence-electron chi connectivity index (χ1n) is 12.6. The molecule has 1 saturated heterocycles. The van der Waals surface area contributed by atoms with E-state index in [0.717, 1.165) is 30.0 Å². The lowest BCUT2D eigenvalue weighted by molar-refractivity contribution is 0.0938. The van der Waals surface area contributed by atoms with Crippen molar-refractivity contribution in [3.05, 3.63) is 70.2 Å². The van der Waals surface area contributed by atoms with E-state index in [2.05, 4.69) is 39.5 Å². The predicted octanol–water partition coefficient (Wildman–Crippen LogP) is 3.81. The van der Waals surface area contributed by atoms with Gasteiger partial charge in [-0.2, -0.15) is 5.10 Å². The Hall–Kier alpha value is -3.83. The molecule has 5 heterocycles. The smallest absolute Gasteiger partial charge is 0.260 e. The molecule has 0 bridgehead atoms. The highest BCUT2D eigenvalue weighted by Crippen LogP contribution is 2.30. The van der Waals surface area contributed by atoms with Gasteiger partial charge in [-0.1, -0.05) is 0 Å². The van der Waals surface area contributed by atoms with Gasteiger partial charge in [-0.3, -0.25) is 24.3 Å². The van der Waals surface area contributed by atoms with Crippen LogP contribution in [0.25, 0.3) is 15.3 Å². The molecule has 4 aromatic rings. The summed E-state index contributed by atoms with van der Waals surface area (Å²) < 4.78 is 3.16. The van der Waals surface area contributed by atoms with Crippen LogP contribution in [0.1, 0.15) is 56.0 Å². The standard InChI is InChI=1S/C27H31N7O3S.2H2/c1-17-21(12-19(13-29-17)24(36)28-9-11-33-10-5-8-27(33,2)3)31-25(37)20-14-30-34-16-22(38-26(20)34)18-6-7-23(35)32(4)15-18;;/h6-7,12-16H,5,8-11H2,1-4H3,(H,28,36)(H,31,37);2*1H. The predicted molar refractivity (Wildman–Crippen MR) is 152 cm³/mol. The third-order valence-electron chi connectivity index (χ3n) is 7.15. The Morgan fingerprint density at radius 3 is 2.74 bits per heavy atom. The topological polar surface area (TPSA) is 114 Å². The Morgan fingerprint density at radius 1 is 1.18 bits per heavy atom. The van der Waals surface area contributed by atoms with Crippen molar-refractivity contribution in [3.63, 3.8) is 0 Å². The monoisotopic (exact) mass is 537 g/mol. The van der Waals surface area contributed by atoms with E-state index in [1.54, 1.807) is 36.8 Å². The summed E-state index contributed by atoms with van der Waals surface area (Å²) in [7, 11) is 1.70. The van der Waals surface area contributed by atoms with Crippen LogP contribution in [-0.2, 0) is 7.05 Å². The number of hydrogen-bond donors (Lipinski definition) is 2. The van der Waals surface area contributed by atoms with Crippen molar-refractivity contribution < 1.29 is 12.4 Å². The zero-order chi connectivity index (χ0) is 27.0. The Bertz CT molecular complexity index is 1590. The second-order valence-corrected chi connectivity index (χ2v) is 11.3. The lowest BCUT2D eigenvalue weighted by Crippen LogP contribution is -2.43. The molecular weight excluding hydrogens is 502 g/mol. The van der Waals surface area contributed by atoms with Crippen molar-refractivity contribution in [2.45, 2.75) is 39.2 Å². The maximum atomic E-state index is 13.2. The van der Waals surface area contributed by atoms with Crippen LogP contribution < -0.4 is 16.2 Å². The maximum Gasteiger partial charge on any atom is 0.260 e. The van der Waals surface area contributed by atoms with E-state index < -0.39 is 0 Å². The summed E-state index contributed by atoms with van der Waals surface area (Å²) in [5.41, 5.74) is 2.81. The molecule has 2 N–H and O–H groups in total. The van der Waals surface area contributed by atoms with Crippen LogP contribution in [0.2, 0.25) is 0 Å². The Kier molecular flexibility index (Phi) is 6.89. The van der Waals surface area contributed by atoms with Crippen LogP contribution in [0.15, 0.2) is 47.8 Å². The molecular formula is C27H35N7O3S. The number of aromatic nitrogens is 4.